The summed E-state index contributed by atoms with van der Waals surface area (Å²) in [7, 11) is 1.54. The number of nitrogens with one attached hydrogen (secondary N) is 2. The smallest absolute Gasteiger partial charge is 0.428 e. The molecule has 7 nitrogen and oxygen atoms in total. The molecule has 0 saturated heterocycles. The number of amides is 2. The van der Waals surface area contributed by atoms with Crippen LogP contribution in [0.5, 0.6) is 5.75 Å². The fraction of sp³-hybridized carbons (Fsp3) is 0.250. The van der Waals surface area contributed by atoms with Gasteiger partial charge >= 0.3 is 12.3 Å². The van der Waals surface area contributed by atoms with Gasteiger partial charge in [-0.1, -0.05) is 18.2 Å². The molecule has 0 fully saturated rings. The van der Waals surface area contributed by atoms with Crippen molar-refractivity contribution in [3.63, 3.8) is 0 Å². The molecule has 2 aromatic carbocycles. The molecule has 30 heavy (non-hydrogen) atoms. The van der Waals surface area contributed by atoms with Crippen LogP contribution < -0.4 is 15.5 Å². The van der Waals surface area contributed by atoms with Gasteiger partial charge in [0.1, 0.15) is 12.4 Å². The van der Waals surface area contributed by atoms with Gasteiger partial charge < -0.3 is 14.8 Å². The monoisotopic (exact) mass is 423 g/mol. The zero-order chi connectivity index (χ0) is 22.1. The van der Waals surface area contributed by atoms with Crippen LogP contribution in [0.25, 0.3) is 0 Å². The maximum atomic E-state index is 12.7. The zero-order valence-corrected chi connectivity index (χ0v) is 16.2. The van der Waals surface area contributed by atoms with Gasteiger partial charge in [-0.2, -0.15) is 18.3 Å². The second-order valence-electron chi connectivity index (χ2n) is 6.19. The largest absolute Gasteiger partial charge is 0.497 e. The molecule has 0 radical (unpaired) electrons. The van der Waals surface area contributed by atoms with E-state index < -0.39 is 23.7 Å². The number of alkyl halides is 3. The van der Waals surface area contributed by atoms with Gasteiger partial charge in [0.25, 0.3) is 0 Å². The van der Waals surface area contributed by atoms with Crippen LogP contribution in [0.3, 0.4) is 0 Å². The summed E-state index contributed by atoms with van der Waals surface area (Å²) < 4.78 is 48.1. The summed E-state index contributed by atoms with van der Waals surface area (Å²) in [5, 5.41) is 6.09. The molecule has 0 aliphatic carbocycles. The second kappa shape index (κ2) is 10.3. The Morgan fingerprint density at radius 3 is 2.43 bits per heavy atom. The van der Waals surface area contributed by atoms with Gasteiger partial charge in [-0.3, -0.25) is 4.79 Å². The Morgan fingerprint density at radius 1 is 1.10 bits per heavy atom. The van der Waals surface area contributed by atoms with Crippen molar-refractivity contribution in [1.82, 2.24) is 5.43 Å². The van der Waals surface area contributed by atoms with Crippen LogP contribution >= 0.6 is 0 Å². The van der Waals surface area contributed by atoms with E-state index in [-0.39, 0.29) is 24.4 Å². The third kappa shape index (κ3) is 7.46. The molecule has 2 amide bonds. The molecule has 0 atom stereocenters. The third-order valence-electron chi connectivity index (χ3n) is 3.76. The first-order chi connectivity index (χ1) is 14.2. The fourth-order valence-electron chi connectivity index (χ4n) is 2.29. The molecule has 0 aliphatic heterocycles. The Morgan fingerprint density at radius 2 is 1.80 bits per heavy atom. The Bertz CT molecular complexity index is 912. The average Bonchev–Trinajstić information content (AvgIpc) is 2.70. The summed E-state index contributed by atoms with van der Waals surface area (Å²) in [4.78, 5) is 23.6. The summed E-state index contributed by atoms with van der Waals surface area (Å²) in [5.41, 5.74) is 2.27. The average molecular weight is 423 g/mol. The van der Waals surface area contributed by atoms with Gasteiger partial charge in [0.15, 0.2) is 0 Å². The summed E-state index contributed by atoms with van der Waals surface area (Å²) >= 11 is 0. The van der Waals surface area contributed by atoms with Gasteiger partial charge in [-0.05, 0) is 42.8 Å². The molecule has 0 bridgehead atoms. The molecule has 0 aliphatic rings. The number of nitrogens with zero attached hydrogens (tertiary/aromatic N) is 1. The van der Waals surface area contributed by atoms with Gasteiger partial charge in [-0.25, -0.2) is 10.2 Å². The highest BCUT2D eigenvalue weighted by molar-refractivity contribution is 6.05. The van der Waals surface area contributed by atoms with E-state index in [9.17, 15) is 22.8 Å². The van der Waals surface area contributed by atoms with E-state index in [1.165, 1.54) is 19.1 Å². The minimum Gasteiger partial charge on any atom is -0.497 e. The Kier molecular flexibility index (Phi) is 7.79. The Labute approximate surface area is 170 Å². The standard InChI is InChI=1S/C20H20F3N3O4/c1-13(10-18(27)24-16-5-3-4-15(11-16)20(21,22)23)25-26-19(28)30-12-14-6-8-17(29-2)9-7-14/h3-9,11H,10,12H2,1-2H3,(H,24,27)(H,26,28). The minimum atomic E-state index is -4.51. The van der Waals surface area contributed by atoms with Crippen LogP contribution in [0.1, 0.15) is 24.5 Å². The number of carbonyl (C=O) groups excluding carboxylic acids is 2. The number of hydrogen-bond acceptors (Lipinski definition) is 5. The number of carbonyl (C=O) groups is 2. The number of rotatable bonds is 7. The first kappa shape index (κ1) is 22.7. The van der Waals surface area contributed by atoms with Crippen LogP contribution in [-0.4, -0.2) is 24.8 Å². The van der Waals surface area contributed by atoms with Crippen molar-refractivity contribution in [2.24, 2.45) is 5.10 Å². The lowest BCUT2D eigenvalue weighted by Gasteiger charge is -2.10. The molecule has 0 aromatic heterocycles. The molecule has 10 heteroatoms. The number of benzene rings is 2. The Balaban J connectivity index is 1.79. The zero-order valence-electron chi connectivity index (χ0n) is 16.2. The van der Waals surface area contributed by atoms with Crippen LogP contribution in [0.4, 0.5) is 23.7 Å². The predicted octanol–water partition coefficient (Wildman–Crippen LogP) is 4.34. The molecular formula is C20H20F3N3O4. The minimum absolute atomic E-state index is 0.00878. The van der Waals surface area contributed by atoms with Gasteiger partial charge in [0, 0.05) is 11.4 Å². The number of hydrogen-bond donors (Lipinski definition) is 2. The van der Waals surface area contributed by atoms with E-state index in [1.807, 2.05) is 0 Å². The van der Waals surface area contributed by atoms with Crippen molar-refractivity contribution < 1.29 is 32.2 Å². The van der Waals surface area contributed by atoms with Crippen molar-refractivity contribution in [1.29, 1.82) is 0 Å². The van der Waals surface area contributed by atoms with E-state index in [2.05, 4.69) is 15.8 Å². The first-order valence-electron chi connectivity index (χ1n) is 8.73. The van der Waals surface area contributed by atoms with Crippen molar-refractivity contribution in [2.45, 2.75) is 26.1 Å². The van der Waals surface area contributed by atoms with E-state index in [4.69, 9.17) is 9.47 Å². The highest BCUT2D eigenvalue weighted by Crippen LogP contribution is 2.30. The summed E-state index contributed by atoms with van der Waals surface area (Å²) in [6.07, 6.45) is -5.55. The number of halogens is 3. The fourth-order valence-corrected chi connectivity index (χ4v) is 2.29. The second-order valence-corrected chi connectivity index (χ2v) is 6.19. The maximum absolute atomic E-state index is 12.7. The molecule has 2 N–H and O–H groups in total. The molecule has 2 rings (SSSR count). The van der Waals surface area contributed by atoms with Crippen LogP contribution in [-0.2, 0) is 22.3 Å². The summed E-state index contributed by atoms with van der Waals surface area (Å²) in [5.74, 6) is 0.0933. The number of anilines is 1. The summed E-state index contributed by atoms with van der Waals surface area (Å²) in [6.45, 7) is 1.50. The van der Waals surface area contributed by atoms with Gasteiger partial charge in [0.2, 0.25) is 5.91 Å². The number of ether oxygens (including phenoxy) is 2. The lowest BCUT2D eigenvalue weighted by molar-refractivity contribution is -0.137. The van der Waals surface area contributed by atoms with E-state index in [0.717, 1.165) is 17.7 Å². The van der Waals surface area contributed by atoms with E-state index in [1.54, 1.807) is 31.4 Å². The topological polar surface area (TPSA) is 89.0 Å². The molecule has 0 saturated carbocycles. The highest BCUT2D eigenvalue weighted by atomic mass is 19.4. The van der Waals surface area contributed by atoms with Crippen molar-refractivity contribution in [3.05, 3.63) is 59.7 Å². The molecule has 160 valence electrons. The van der Waals surface area contributed by atoms with Crippen LogP contribution in [0.2, 0.25) is 0 Å². The normalized spacial score (nSPS) is 11.6. The van der Waals surface area contributed by atoms with Crippen molar-refractivity contribution >= 4 is 23.4 Å². The van der Waals surface area contributed by atoms with E-state index in [0.29, 0.717) is 5.75 Å². The van der Waals surface area contributed by atoms with Crippen molar-refractivity contribution in [3.8, 4) is 5.75 Å². The Hall–Kier alpha value is -3.56. The van der Waals surface area contributed by atoms with Gasteiger partial charge in [0.05, 0.1) is 19.1 Å². The predicted molar refractivity (Wildman–Crippen MR) is 104 cm³/mol. The lowest BCUT2D eigenvalue weighted by atomic mass is 10.2. The number of hydrazone groups is 1. The summed E-state index contributed by atoms with van der Waals surface area (Å²) in [6, 6.07) is 11.2. The molecular weight excluding hydrogens is 403 g/mol. The molecule has 0 unspecified atom stereocenters. The SMILES string of the molecule is COc1ccc(COC(=O)NN=C(C)CC(=O)Nc2cccc(C(F)(F)F)c2)cc1. The molecule has 2 aromatic rings. The van der Waals surface area contributed by atoms with E-state index >= 15 is 0 Å². The highest BCUT2D eigenvalue weighted by Gasteiger charge is 2.30. The first-order valence-corrected chi connectivity index (χ1v) is 8.73. The third-order valence-corrected chi connectivity index (χ3v) is 3.76. The van der Waals surface area contributed by atoms with Gasteiger partial charge in [-0.15, -0.1) is 0 Å². The lowest BCUT2D eigenvalue weighted by Crippen LogP contribution is -2.22. The molecule has 0 spiro atoms. The van der Waals surface area contributed by atoms with Crippen LogP contribution in [0, 0.1) is 0 Å². The molecule has 0 heterocycles. The maximum Gasteiger partial charge on any atom is 0.428 e. The quantitative estimate of drug-likeness (QED) is 0.512. The van der Waals surface area contributed by atoms with Crippen LogP contribution in [0.15, 0.2) is 53.6 Å². The number of methoxy groups -OCH3 is 1. The van der Waals surface area contributed by atoms with Crippen molar-refractivity contribution in [2.75, 3.05) is 12.4 Å².